The van der Waals surface area contributed by atoms with Crippen LogP contribution in [0.4, 0.5) is 11.4 Å². The van der Waals surface area contributed by atoms with Crippen molar-refractivity contribution in [3.05, 3.63) is 119 Å². The molecule has 2 aliphatic rings. The lowest BCUT2D eigenvalue weighted by atomic mass is 9.76. The SMILES string of the molecule is CCOc1ccc2c(c1)C(=O)C1(c3ccccc3)c3cc(OCC)ccc3N=C(C(=O)c3ccccc3)N21. The van der Waals surface area contributed by atoms with E-state index in [1.165, 1.54) is 0 Å². The molecule has 2 heterocycles. The molecule has 0 radical (unpaired) electrons. The first-order chi connectivity index (χ1) is 18.6. The first kappa shape index (κ1) is 23.7. The average Bonchev–Trinajstić information content (AvgIpc) is 3.23. The third kappa shape index (κ3) is 3.44. The minimum Gasteiger partial charge on any atom is -0.494 e. The van der Waals surface area contributed by atoms with Crippen LogP contribution in [0.15, 0.2) is 102 Å². The molecule has 0 spiro atoms. The van der Waals surface area contributed by atoms with Crippen molar-refractivity contribution in [2.75, 3.05) is 18.1 Å². The van der Waals surface area contributed by atoms with E-state index in [1.807, 2.05) is 97.6 Å². The van der Waals surface area contributed by atoms with Crippen LogP contribution in [0.25, 0.3) is 0 Å². The van der Waals surface area contributed by atoms with Crippen molar-refractivity contribution in [2.24, 2.45) is 4.99 Å². The fourth-order valence-electron chi connectivity index (χ4n) is 5.43. The van der Waals surface area contributed by atoms with E-state index in [0.717, 1.165) is 5.56 Å². The molecule has 1 atom stereocenters. The van der Waals surface area contributed by atoms with Gasteiger partial charge in [0.15, 0.2) is 17.2 Å². The maximum absolute atomic E-state index is 14.7. The molecule has 2 aliphatic heterocycles. The largest absolute Gasteiger partial charge is 0.494 e. The van der Waals surface area contributed by atoms with Gasteiger partial charge in [-0.25, -0.2) is 4.99 Å². The van der Waals surface area contributed by atoms with Crippen LogP contribution < -0.4 is 14.4 Å². The van der Waals surface area contributed by atoms with Crippen LogP contribution >= 0.6 is 0 Å². The molecular formula is C32H26N2O4. The maximum atomic E-state index is 14.7. The summed E-state index contributed by atoms with van der Waals surface area (Å²) < 4.78 is 11.6. The molecule has 1 unspecified atom stereocenters. The minimum absolute atomic E-state index is 0.150. The quantitative estimate of drug-likeness (QED) is 0.275. The molecule has 188 valence electrons. The highest BCUT2D eigenvalue weighted by Crippen LogP contribution is 2.55. The molecule has 0 saturated heterocycles. The zero-order valence-corrected chi connectivity index (χ0v) is 21.2. The van der Waals surface area contributed by atoms with Crippen LogP contribution in [-0.2, 0) is 5.54 Å². The van der Waals surface area contributed by atoms with Gasteiger partial charge in [0.1, 0.15) is 11.5 Å². The van der Waals surface area contributed by atoms with E-state index in [0.29, 0.717) is 52.8 Å². The number of hydrogen-bond acceptors (Lipinski definition) is 6. The van der Waals surface area contributed by atoms with Gasteiger partial charge in [-0.15, -0.1) is 0 Å². The summed E-state index contributed by atoms with van der Waals surface area (Å²) in [5.74, 6) is 1.00. The number of aliphatic imine (C=N–C) groups is 1. The monoisotopic (exact) mass is 502 g/mol. The number of rotatable bonds is 7. The lowest BCUT2D eigenvalue weighted by Crippen LogP contribution is -2.55. The van der Waals surface area contributed by atoms with E-state index >= 15 is 0 Å². The lowest BCUT2D eigenvalue weighted by Gasteiger charge is -2.43. The van der Waals surface area contributed by atoms with E-state index in [9.17, 15) is 9.59 Å². The van der Waals surface area contributed by atoms with Gasteiger partial charge >= 0.3 is 0 Å². The summed E-state index contributed by atoms with van der Waals surface area (Å²) in [5, 5.41) is 0. The molecule has 0 aromatic heterocycles. The Morgan fingerprint density at radius 2 is 1.45 bits per heavy atom. The highest BCUT2D eigenvalue weighted by Gasteiger charge is 2.59. The summed E-state index contributed by atoms with van der Waals surface area (Å²) in [5.41, 5.74) is 2.19. The predicted molar refractivity (Wildman–Crippen MR) is 147 cm³/mol. The molecule has 0 aliphatic carbocycles. The van der Waals surface area contributed by atoms with E-state index < -0.39 is 5.54 Å². The zero-order valence-electron chi connectivity index (χ0n) is 21.2. The Morgan fingerprint density at radius 3 is 2.13 bits per heavy atom. The maximum Gasteiger partial charge on any atom is 0.228 e. The minimum atomic E-state index is -1.35. The molecule has 4 aromatic carbocycles. The first-order valence-corrected chi connectivity index (χ1v) is 12.7. The molecular weight excluding hydrogens is 476 g/mol. The number of carbonyl (C=O) groups excluding carboxylic acids is 2. The highest BCUT2D eigenvalue weighted by molar-refractivity contribution is 6.52. The number of amidine groups is 1. The van der Waals surface area contributed by atoms with Crippen molar-refractivity contribution in [1.29, 1.82) is 0 Å². The number of hydrogen-bond donors (Lipinski definition) is 0. The Kier molecular flexibility index (Phi) is 5.80. The van der Waals surface area contributed by atoms with Crippen molar-refractivity contribution in [3.63, 3.8) is 0 Å². The van der Waals surface area contributed by atoms with Crippen molar-refractivity contribution in [1.82, 2.24) is 0 Å². The van der Waals surface area contributed by atoms with Gasteiger partial charge in [-0.3, -0.25) is 9.59 Å². The summed E-state index contributed by atoms with van der Waals surface area (Å²) in [7, 11) is 0. The van der Waals surface area contributed by atoms with Crippen LogP contribution in [0.1, 0.15) is 45.7 Å². The van der Waals surface area contributed by atoms with Gasteiger partial charge in [-0.05, 0) is 55.8 Å². The number of benzene rings is 4. The Morgan fingerprint density at radius 1 is 0.816 bits per heavy atom. The van der Waals surface area contributed by atoms with E-state index in [2.05, 4.69) is 0 Å². The van der Waals surface area contributed by atoms with Gasteiger partial charge < -0.3 is 14.4 Å². The van der Waals surface area contributed by atoms with E-state index in [1.54, 1.807) is 18.2 Å². The van der Waals surface area contributed by atoms with E-state index in [4.69, 9.17) is 14.5 Å². The molecule has 38 heavy (non-hydrogen) atoms. The molecule has 6 rings (SSSR count). The molecule has 0 N–H and O–H groups in total. The summed E-state index contributed by atoms with van der Waals surface area (Å²) in [6.07, 6.45) is 0. The Labute approximate surface area is 221 Å². The molecule has 0 amide bonds. The fourth-order valence-corrected chi connectivity index (χ4v) is 5.43. The Hall–Kier alpha value is -4.71. The fraction of sp³-hybridized carbons (Fsp3) is 0.156. The van der Waals surface area contributed by atoms with Gasteiger partial charge in [0.05, 0.1) is 24.6 Å². The Balaban J connectivity index is 1.69. The predicted octanol–water partition coefficient (Wildman–Crippen LogP) is 6.36. The third-order valence-corrected chi connectivity index (χ3v) is 6.97. The number of fused-ring (bicyclic) bond motifs is 5. The van der Waals surface area contributed by atoms with Crippen LogP contribution in [0.5, 0.6) is 11.5 Å². The van der Waals surface area contributed by atoms with Crippen molar-refractivity contribution in [3.8, 4) is 11.5 Å². The topological polar surface area (TPSA) is 68.2 Å². The molecule has 4 aromatic rings. The molecule has 6 nitrogen and oxygen atoms in total. The molecule has 0 bridgehead atoms. The highest BCUT2D eigenvalue weighted by atomic mass is 16.5. The number of anilines is 1. The average molecular weight is 503 g/mol. The van der Waals surface area contributed by atoms with Crippen LogP contribution in [0.2, 0.25) is 0 Å². The number of carbonyl (C=O) groups is 2. The zero-order chi connectivity index (χ0) is 26.3. The van der Waals surface area contributed by atoms with Gasteiger partial charge in [0.2, 0.25) is 5.78 Å². The van der Waals surface area contributed by atoms with Crippen LogP contribution in [-0.4, -0.2) is 30.6 Å². The van der Waals surface area contributed by atoms with Gasteiger partial charge in [0.25, 0.3) is 0 Å². The van der Waals surface area contributed by atoms with Crippen LogP contribution in [0, 0.1) is 0 Å². The van der Waals surface area contributed by atoms with Gasteiger partial charge in [-0.1, -0.05) is 60.7 Å². The molecule has 0 saturated carbocycles. The number of nitrogens with zero attached hydrogens (tertiary/aromatic N) is 2. The summed E-state index contributed by atoms with van der Waals surface area (Å²) in [4.78, 5) is 35.5. The van der Waals surface area contributed by atoms with E-state index in [-0.39, 0.29) is 17.4 Å². The second-order valence-corrected chi connectivity index (χ2v) is 9.10. The third-order valence-electron chi connectivity index (χ3n) is 6.97. The van der Waals surface area contributed by atoms with Crippen molar-refractivity contribution in [2.45, 2.75) is 19.4 Å². The molecule has 6 heteroatoms. The Bertz CT molecular complexity index is 1580. The second-order valence-electron chi connectivity index (χ2n) is 9.10. The molecule has 0 fully saturated rings. The number of ketones is 2. The standard InChI is InChI=1S/C32H26N2O4/c1-3-37-23-16-18-28-25(19-23)30(36)32(22-13-9-6-10-14-22)26-20-24(38-4-2)15-17-27(26)33-31(34(28)32)29(35)21-11-7-5-8-12-21/h5-20H,3-4H2,1-2H3. The number of ether oxygens (including phenoxy) is 2. The normalized spacial score (nSPS) is 17.3. The van der Waals surface area contributed by atoms with Gasteiger partial charge in [-0.2, -0.15) is 0 Å². The summed E-state index contributed by atoms with van der Waals surface area (Å²) in [6.45, 7) is 4.77. The van der Waals surface area contributed by atoms with Crippen LogP contribution in [0.3, 0.4) is 0 Å². The summed E-state index contributed by atoms with van der Waals surface area (Å²) in [6, 6.07) is 29.6. The van der Waals surface area contributed by atoms with Crippen molar-refractivity contribution >= 4 is 28.8 Å². The lowest BCUT2D eigenvalue weighted by molar-refractivity contribution is 0.0930. The summed E-state index contributed by atoms with van der Waals surface area (Å²) >= 11 is 0. The van der Waals surface area contributed by atoms with Gasteiger partial charge in [0, 0.05) is 16.7 Å². The number of Topliss-reactive ketones (excluding diaryl/α,β-unsaturated/α-hetero) is 2. The smallest absolute Gasteiger partial charge is 0.228 e. The van der Waals surface area contributed by atoms with Crippen molar-refractivity contribution < 1.29 is 19.1 Å². The first-order valence-electron chi connectivity index (χ1n) is 12.7. The second kappa shape index (κ2) is 9.30.